The molecule has 1 aromatic heterocycles. The number of hydrogen-bond donors (Lipinski definition) is 1. The molecule has 0 saturated heterocycles. The number of carboxylic acid groups (broad SMARTS) is 1. The molecule has 0 saturated carbocycles. The van der Waals surface area contributed by atoms with Crippen LogP contribution in [-0.2, 0) is 6.54 Å². The Labute approximate surface area is 113 Å². The van der Waals surface area contributed by atoms with Gasteiger partial charge >= 0.3 is 5.97 Å². The molecule has 2 aromatic rings. The minimum atomic E-state index is -1.24. The fourth-order valence-electron chi connectivity index (χ4n) is 1.66. The quantitative estimate of drug-likeness (QED) is 0.906. The Morgan fingerprint density at radius 3 is 2.75 bits per heavy atom. The van der Waals surface area contributed by atoms with Gasteiger partial charge in [0.25, 0.3) is 5.56 Å². The Morgan fingerprint density at radius 1 is 1.40 bits per heavy atom. The molecule has 0 atom stereocenters. The van der Waals surface area contributed by atoms with E-state index in [9.17, 15) is 14.0 Å². The Bertz CT molecular complexity index is 712. The van der Waals surface area contributed by atoms with Crippen LogP contribution in [0.4, 0.5) is 4.39 Å². The lowest BCUT2D eigenvalue weighted by Gasteiger charge is -2.07. The molecule has 104 valence electrons. The summed E-state index contributed by atoms with van der Waals surface area (Å²) in [5.41, 5.74) is -0.245. The highest BCUT2D eigenvalue weighted by Gasteiger charge is 2.09. The largest absolute Gasteiger partial charge is 0.494 e. The molecule has 20 heavy (non-hydrogen) atoms. The van der Waals surface area contributed by atoms with Crippen LogP contribution in [0, 0.1) is 5.82 Å². The van der Waals surface area contributed by atoms with Gasteiger partial charge in [0.2, 0.25) is 0 Å². The summed E-state index contributed by atoms with van der Waals surface area (Å²) in [5.74, 6) is -1.71. The van der Waals surface area contributed by atoms with Crippen molar-refractivity contribution in [3.63, 3.8) is 0 Å². The topological polar surface area (TPSA) is 81.4 Å². The Morgan fingerprint density at radius 2 is 2.15 bits per heavy atom. The second kappa shape index (κ2) is 5.52. The first-order valence-electron chi connectivity index (χ1n) is 5.65. The van der Waals surface area contributed by atoms with Gasteiger partial charge in [-0.3, -0.25) is 4.79 Å². The number of halogens is 1. The normalized spacial score (nSPS) is 10.3. The van der Waals surface area contributed by atoms with E-state index in [2.05, 4.69) is 5.10 Å². The van der Waals surface area contributed by atoms with Crippen LogP contribution in [0.25, 0.3) is 0 Å². The van der Waals surface area contributed by atoms with Crippen molar-refractivity contribution >= 4 is 5.97 Å². The van der Waals surface area contributed by atoms with Crippen molar-refractivity contribution < 1.29 is 19.0 Å². The summed E-state index contributed by atoms with van der Waals surface area (Å²) in [6.45, 7) is -0.0269. The second-order valence-corrected chi connectivity index (χ2v) is 3.99. The van der Waals surface area contributed by atoms with Crippen molar-refractivity contribution in [2.75, 3.05) is 7.11 Å². The zero-order chi connectivity index (χ0) is 14.7. The molecule has 0 amide bonds. The molecule has 2 rings (SSSR count). The van der Waals surface area contributed by atoms with Gasteiger partial charge in [-0.25, -0.2) is 13.9 Å². The highest BCUT2D eigenvalue weighted by atomic mass is 19.1. The Hall–Kier alpha value is -2.70. The molecule has 0 unspecified atom stereocenters. The van der Waals surface area contributed by atoms with Crippen molar-refractivity contribution in [3.8, 4) is 5.75 Å². The first-order valence-corrected chi connectivity index (χ1v) is 5.65. The third kappa shape index (κ3) is 2.82. The summed E-state index contributed by atoms with van der Waals surface area (Å²) in [7, 11) is 1.35. The SMILES string of the molecule is COc1ccc(Cn2nc(C(=O)O)ccc2=O)cc1F. The minimum Gasteiger partial charge on any atom is -0.494 e. The van der Waals surface area contributed by atoms with E-state index < -0.39 is 17.3 Å². The van der Waals surface area contributed by atoms with Crippen LogP contribution in [0.2, 0.25) is 0 Å². The van der Waals surface area contributed by atoms with Crippen LogP contribution in [-0.4, -0.2) is 28.0 Å². The van der Waals surface area contributed by atoms with Crippen molar-refractivity contribution in [1.29, 1.82) is 0 Å². The van der Waals surface area contributed by atoms with E-state index in [0.717, 1.165) is 16.8 Å². The molecule has 0 fully saturated rings. The standard InChI is InChI=1S/C13H11FN2O4/c1-20-11-4-2-8(6-9(11)14)7-16-12(17)5-3-10(15-16)13(18)19/h2-6H,7H2,1H3,(H,18,19). The summed E-state index contributed by atoms with van der Waals surface area (Å²) in [5, 5.41) is 12.5. The molecule has 0 bridgehead atoms. The molecule has 0 aliphatic heterocycles. The molecule has 1 N–H and O–H groups in total. The fraction of sp³-hybridized carbons (Fsp3) is 0.154. The number of rotatable bonds is 4. The van der Waals surface area contributed by atoms with Crippen LogP contribution in [0.5, 0.6) is 5.75 Å². The highest BCUT2D eigenvalue weighted by Crippen LogP contribution is 2.17. The molecule has 7 heteroatoms. The van der Waals surface area contributed by atoms with Crippen LogP contribution < -0.4 is 10.3 Å². The number of methoxy groups -OCH3 is 1. The predicted octanol–water partition coefficient (Wildman–Crippen LogP) is 1.14. The molecule has 6 nitrogen and oxygen atoms in total. The molecule has 0 radical (unpaired) electrons. The zero-order valence-electron chi connectivity index (χ0n) is 10.5. The zero-order valence-corrected chi connectivity index (χ0v) is 10.5. The number of ether oxygens (including phenoxy) is 1. The van der Waals surface area contributed by atoms with Crippen molar-refractivity contribution in [1.82, 2.24) is 9.78 Å². The van der Waals surface area contributed by atoms with Gasteiger partial charge in [0.1, 0.15) is 0 Å². The van der Waals surface area contributed by atoms with Gasteiger partial charge in [-0.15, -0.1) is 0 Å². The summed E-state index contributed by atoms with van der Waals surface area (Å²) in [6, 6.07) is 6.44. The van der Waals surface area contributed by atoms with Crippen LogP contribution >= 0.6 is 0 Å². The van der Waals surface area contributed by atoms with Crippen molar-refractivity contribution in [2.24, 2.45) is 0 Å². The maximum absolute atomic E-state index is 13.5. The summed E-state index contributed by atoms with van der Waals surface area (Å²) in [4.78, 5) is 22.4. The van der Waals surface area contributed by atoms with Crippen molar-refractivity contribution in [2.45, 2.75) is 6.54 Å². The van der Waals surface area contributed by atoms with E-state index in [4.69, 9.17) is 9.84 Å². The monoisotopic (exact) mass is 278 g/mol. The average molecular weight is 278 g/mol. The van der Waals surface area contributed by atoms with Gasteiger partial charge in [0, 0.05) is 6.07 Å². The van der Waals surface area contributed by atoms with Crippen LogP contribution in [0.3, 0.4) is 0 Å². The molecule has 0 aliphatic carbocycles. The van der Waals surface area contributed by atoms with E-state index >= 15 is 0 Å². The van der Waals surface area contributed by atoms with Gasteiger partial charge in [-0.05, 0) is 23.8 Å². The van der Waals surface area contributed by atoms with E-state index in [-0.39, 0.29) is 18.0 Å². The van der Waals surface area contributed by atoms with E-state index in [1.54, 1.807) is 6.07 Å². The Kier molecular flexibility index (Phi) is 3.79. The number of aromatic carboxylic acids is 1. The van der Waals surface area contributed by atoms with Gasteiger partial charge in [-0.2, -0.15) is 5.10 Å². The minimum absolute atomic E-state index is 0.0269. The first kappa shape index (κ1) is 13.7. The molecule has 1 heterocycles. The molecular weight excluding hydrogens is 267 g/mol. The maximum Gasteiger partial charge on any atom is 0.356 e. The van der Waals surface area contributed by atoms with Gasteiger partial charge in [0.15, 0.2) is 17.3 Å². The molecule has 0 aliphatic rings. The lowest BCUT2D eigenvalue weighted by atomic mass is 10.2. The summed E-state index contributed by atoms with van der Waals surface area (Å²) in [6.07, 6.45) is 0. The second-order valence-electron chi connectivity index (χ2n) is 3.99. The average Bonchev–Trinajstić information content (AvgIpc) is 2.41. The van der Waals surface area contributed by atoms with E-state index in [0.29, 0.717) is 5.56 Å². The smallest absolute Gasteiger partial charge is 0.356 e. The number of nitrogens with zero attached hydrogens (tertiary/aromatic N) is 2. The lowest BCUT2D eigenvalue weighted by molar-refractivity contribution is 0.0687. The third-order valence-electron chi connectivity index (χ3n) is 2.63. The Balaban J connectivity index is 2.34. The van der Waals surface area contributed by atoms with E-state index in [1.165, 1.54) is 19.2 Å². The molecule has 0 spiro atoms. The molecular formula is C13H11FN2O4. The van der Waals surface area contributed by atoms with Gasteiger partial charge in [0.05, 0.1) is 13.7 Å². The van der Waals surface area contributed by atoms with Crippen molar-refractivity contribution in [3.05, 3.63) is 57.8 Å². The van der Waals surface area contributed by atoms with E-state index in [1.807, 2.05) is 0 Å². The number of benzene rings is 1. The van der Waals surface area contributed by atoms with Gasteiger partial charge in [-0.1, -0.05) is 6.07 Å². The maximum atomic E-state index is 13.5. The number of hydrogen-bond acceptors (Lipinski definition) is 4. The summed E-state index contributed by atoms with van der Waals surface area (Å²) >= 11 is 0. The summed E-state index contributed by atoms with van der Waals surface area (Å²) < 4.78 is 19.3. The third-order valence-corrected chi connectivity index (χ3v) is 2.63. The highest BCUT2D eigenvalue weighted by molar-refractivity contribution is 5.84. The van der Waals surface area contributed by atoms with Gasteiger partial charge < -0.3 is 9.84 Å². The molecule has 1 aromatic carbocycles. The fourth-order valence-corrected chi connectivity index (χ4v) is 1.66. The first-order chi connectivity index (χ1) is 9.51. The lowest BCUT2D eigenvalue weighted by Crippen LogP contribution is -2.24. The number of carboxylic acids is 1. The van der Waals surface area contributed by atoms with Crippen LogP contribution in [0.15, 0.2) is 35.1 Å². The van der Waals surface area contributed by atoms with Crippen LogP contribution in [0.1, 0.15) is 16.1 Å². The number of aromatic nitrogens is 2. The predicted molar refractivity (Wildman–Crippen MR) is 67.5 cm³/mol. The number of carbonyl (C=O) groups is 1.